The monoisotopic (exact) mass is 310 g/mol. The first-order valence-electron chi connectivity index (χ1n) is 7.64. The number of aliphatic hydroxyl groups is 1. The van der Waals surface area contributed by atoms with Gasteiger partial charge in [0.2, 0.25) is 0 Å². The Labute approximate surface area is 132 Å². The van der Waals surface area contributed by atoms with Gasteiger partial charge in [0.15, 0.2) is 0 Å². The molecule has 1 rings (SSSR count). The molecule has 5 heteroatoms. The number of aliphatic hydroxyl groups excluding tert-OH is 1. The van der Waals surface area contributed by atoms with E-state index in [1.165, 1.54) is 11.0 Å². The van der Waals surface area contributed by atoms with E-state index in [4.69, 9.17) is 0 Å². The Balaban J connectivity index is 2.47. The number of nitrogens with one attached hydrogen (secondary N) is 1. The third-order valence-electron chi connectivity index (χ3n) is 3.99. The van der Waals surface area contributed by atoms with Crippen molar-refractivity contribution < 1.29 is 14.3 Å². The van der Waals surface area contributed by atoms with Crippen LogP contribution < -0.4 is 5.32 Å². The molecule has 0 aliphatic rings. The molecular formula is C17H27FN2O2. The van der Waals surface area contributed by atoms with Gasteiger partial charge in [-0.05, 0) is 31.2 Å². The highest BCUT2D eigenvalue weighted by atomic mass is 19.1. The standard InChI is InChI=1S/C17H27FN2O2/c1-13(14-8-5-6-9-15(14)18)20(4)16(22)19-11-7-10-17(2,3)12-21/h5-6,8-9,13,21H,7,10-12H2,1-4H3,(H,19,22). The summed E-state index contributed by atoms with van der Waals surface area (Å²) in [5.74, 6) is -0.306. The number of hydrogen-bond donors (Lipinski definition) is 2. The summed E-state index contributed by atoms with van der Waals surface area (Å²) in [6.07, 6.45) is 1.62. The second kappa shape index (κ2) is 8.13. The first kappa shape index (κ1) is 18.4. The summed E-state index contributed by atoms with van der Waals surface area (Å²) < 4.78 is 13.8. The van der Waals surface area contributed by atoms with Gasteiger partial charge in [-0.15, -0.1) is 0 Å². The number of carbonyl (C=O) groups is 1. The summed E-state index contributed by atoms with van der Waals surface area (Å²) >= 11 is 0. The smallest absolute Gasteiger partial charge is 0.317 e. The van der Waals surface area contributed by atoms with Crippen molar-refractivity contribution in [1.29, 1.82) is 0 Å². The van der Waals surface area contributed by atoms with Gasteiger partial charge in [0.1, 0.15) is 5.82 Å². The average Bonchev–Trinajstić information content (AvgIpc) is 2.50. The molecule has 124 valence electrons. The fraction of sp³-hybridized carbons (Fsp3) is 0.588. The van der Waals surface area contributed by atoms with E-state index in [1.54, 1.807) is 32.2 Å². The Bertz CT molecular complexity index is 491. The van der Waals surface area contributed by atoms with Gasteiger partial charge in [0, 0.05) is 25.8 Å². The summed E-state index contributed by atoms with van der Waals surface area (Å²) in [6.45, 7) is 6.44. The highest BCUT2D eigenvalue weighted by Gasteiger charge is 2.20. The van der Waals surface area contributed by atoms with Crippen LogP contribution in [0.4, 0.5) is 9.18 Å². The molecule has 1 aromatic carbocycles. The summed E-state index contributed by atoms with van der Waals surface area (Å²) in [4.78, 5) is 13.6. The van der Waals surface area contributed by atoms with E-state index in [0.29, 0.717) is 12.1 Å². The molecule has 0 radical (unpaired) electrons. The second-order valence-electron chi connectivity index (χ2n) is 6.47. The maximum absolute atomic E-state index is 13.8. The summed E-state index contributed by atoms with van der Waals surface area (Å²) in [5, 5.41) is 12.0. The van der Waals surface area contributed by atoms with Crippen molar-refractivity contribution in [2.75, 3.05) is 20.2 Å². The SMILES string of the molecule is CC(c1ccccc1F)N(C)C(=O)NCCCC(C)(C)CO. The first-order chi connectivity index (χ1) is 10.3. The maximum atomic E-state index is 13.8. The number of benzene rings is 1. The van der Waals surface area contributed by atoms with Crippen LogP contribution in [0.3, 0.4) is 0 Å². The van der Waals surface area contributed by atoms with E-state index in [0.717, 1.165) is 12.8 Å². The normalized spacial score (nSPS) is 12.8. The molecule has 2 N–H and O–H groups in total. The molecule has 0 saturated heterocycles. The molecule has 0 aliphatic carbocycles. The van der Waals surface area contributed by atoms with Crippen LogP contribution in [0, 0.1) is 11.2 Å². The molecular weight excluding hydrogens is 283 g/mol. The van der Waals surface area contributed by atoms with Gasteiger partial charge in [0.25, 0.3) is 0 Å². The number of carbonyl (C=O) groups excluding carboxylic acids is 1. The number of urea groups is 1. The Morgan fingerprint density at radius 1 is 1.41 bits per heavy atom. The van der Waals surface area contributed by atoms with Crippen LogP contribution in [-0.4, -0.2) is 36.2 Å². The molecule has 4 nitrogen and oxygen atoms in total. The number of hydrogen-bond acceptors (Lipinski definition) is 2. The van der Waals surface area contributed by atoms with E-state index < -0.39 is 0 Å². The maximum Gasteiger partial charge on any atom is 0.317 e. The van der Waals surface area contributed by atoms with Crippen LogP contribution in [0.1, 0.15) is 45.2 Å². The van der Waals surface area contributed by atoms with Crippen LogP contribution in [0.5, 0.6) is 0 Å². The summed E-state index contributed by atoms with van der Waals surface area (Å²) in [5.41, 5.74) is 0.374. The molecule has 0 saturated carbocycles. The molecule has 0 spiro atoms. The molecule has 1 atom stereocenters. The predicted molar refractivity (Wildman–Crippen MR) is 86.1 cm³/mol. The third kappa shape index (κ3) is 5.30. The van der Waals surface area contributed by atoms with Crippen LogP contribution >= 0.6 is 0 Å². The highest BCUT2D eigenvalue weighted by molar-refractivity contribution is 5.74. The lowest BCUT2D eigenvalue weighted by Crippen LogP contribution is -2.39. The Morgan fingerprint density at radius 2 is 2.05 bits per heavy atom. The number of amides is 2. The van der Waals surface area contributed by atoms with Crippen molar-refractivity contribution in [2.24, 2.45) is 5.41 Å². The van der Waals surface area contributed by atoms with Gasteiger partial charge in [-0.1, -0.05) is 32.0 Å². The zero-order chi connectivity index (χ0) is 16.8. The van der Waals surface area contributed by atoms with E-state index in [-0.39, 0.29) is 29.9 Å². The van der Waals surface area contributed by atoms with Crippen molar-refractivity contribution in [1.82, 2.24) is 10.2 Å². The van der Waals surface area contributed by atoms with Gasteiger partial charge in [-0.3, -0.25) is 0 Å². The van der Waals surface area contributed by atoms with Gasteiger partial charge >= 0.3 is 6.03 Å². The van der Waals surface area contributed by atoms with Crippen LogP contribution in [-0.2, 0) is 0 Å². The molecule has 1 unspecified atom stereocenters. The quantitative estimate of drug-likeness (QED) is 0.759. The summed E-state index contributed by atoms with van der Waals surface area (Å²) in [7, 11) is 1.66. The number of rotatable bonds is 7. The average molecular weight is 310 g/mol. The zero-order valence-corrected chi connectivity index (χ0v) is 13.9. The Kier molecular flexibility index (Phi) is 6.81. The molecule has 0 heterocycles. The fourth-order valence-corrected chi connectivity index (χ4v) is 2.16. The largest absolute Gasteiger partial charge is 0.396 e. The predicted octanol–water partition coefficient (Wildman–Crippen LogP) is 3.33. The molecule has 22 heavy (non-hydrogen) atoms. The molecule has 0 aromatic heterocycles. The number of halogens is 1. The minimum Gasteiger partial charge on any atom is -0.396 e. The molecule has 0 bridgehead atoms. The van der Waals surface area contributed by atoms with Crippen molar-refractivity contribution in [2.45, 2.75) is 39.7 Å². The van der Waals surface area contributed by atoms with Gasteiger partial charge in [0.05, 0.1) is 6.04 Å². The van der Waals surface area contributed by atoms with Crippen molar-refractivity contribution in [3.63, 3.8) is 0 Å². The Hall–Kier alpha value is -1.62. The topological polar surface area (TPSA) is 52.6 Å². The Morgan fingerprint density at radius 3 is 2.64 bits per heavy atom. The lowest BCUT2D eigenvalue weighted by molar-refractivity contribution is 0.147. The van der Waals surface area contributed by atoms with Crippen LogP contribution in [0.15, 0.2) is 24.3 Å². The fourth-order valence-electron chi connectivity index (χ4n) is 2.16. The minimum atomic E-state index is -0.338. The number of nitrogens with zero attached hydrogens (tertiary/aromatic N) is 1. The van der Waals surface area contributed by atoms with Crippen LogP contribution in [0.2, 0.25) is 0 Å². The zero-order valence-electron chi connectivity index (χ0n) is 13.9. The van der Waals surface area contributed by atoms with Gasteiger partial charge in [-0.2, -0.15) is 0 Å². The minimum absolute atomic E-state index is 0.128. The van der Waals surface area contributed by atoms with Crippen LogP contribution in [0.25, 0.3) is 0 Å². The first-order valence-corrected chi connectivity index (χ1v) is 7.64. The lowest BCUT2D eigenvalue weighted by atomic mass is 9.89. The van der Waals surface area contributed by atoms with E-state index in [1.807, 2.05) is 13.8 Å². The van der Waals surface area contributed by atoms with Gasteiger partial charge < -0.3 is 15.3 Å². The second-order valence-corrected chi connectivity index (χ2v) is 6.47. The molecule has 0 fully saturated rings. The van der Waals surface area contributed by atoms with E-state index in [9.17, 15) is 14.3 Å². The molecule has 1 aromatic rings. The van der Waals surface area contributed by atoms with E-state index >= 15 is 0 Å². The lowest BCUT2D eigenvalue weighted by Gasteiger charge is -2.26. The van der Waals surface area contributed by atoms with Crippen molar-refractivity contribution in [3.05, 3.63) is 35.6 Å². The van der Waals surface area contributed by atoms with Crippen molar-refractivity contribution >= 4 is 6.03 Å². The highest BCUT2D eigenvalue weighted by Crippen LogP contribution is 2.22. The molecule has 0 aliphatic heterocycles. The summed E-state index contributed by atoms with van der Waals surface area (Å²) in [6, 6.07) is 5.92. The molecule has 2 amide bonds. The van der Waals surface area contributed by atoms with Gasteiger partial charge in [-0.25, -0.2) is 9.18 Å². The third-order valence-corrected chi connectivity index (χ3v) is 3.99. The van der Waals surface area contributed by atoms with E-state index in [2.05, 4.69) is 5.32 Å². The van der Waals surface area contributed by atoms with Crippen molar-refractivity contribution in [3.8, 4) is 0 Å².